The number of amides is 1. The topological polar surface area (TPSA) is 78.3 Å². The van der Waals surface area contributed by atoms with Crippen molar-refractivity contribution in [2.75, 3.05) is 18.5 Å². The van der Waals surface area contributed by atoms with Gasteiger partial charge in [-0.2, -0.15) is 9.78 Å². The Hall–Kier alpha value is -3.39. The number of aryl methyl sites for hydroxylation is 1. The van der Waals surface area contributed by atoms with E-state index in [9.17, 15) is 4.79 Å². The molecule has 0 aliphatic carbocycles. The predicted octanol–water partition coefficient (Wildman–Crippen LogP) is 5.45. The number of anilines is 1. The highest BCUT2D eigenvalue weighted by Gasteiger charge is 2.33. The fourth-order valence-electron chi connectivity index (χ4n) is 4.23. The molecule has 0 spiro atoms. The molecule has 4 aromatic rings. The first-order valence-corrected chi connectivity index (χ1v) is 12.0. The van der Waals surface area contributed by atoms with Crippen molar-refractivity contribution in [1.82, 2.24) is 14.8 Å². The van der Waals surface area contributed by atoms with Crippen LogP contribution in [-0.4, -0.2) is 33.9 Å². The second kappa shape index (κ2) is 8.86. The van der Waals surface area contributed by atoms with Crippen molar-refractivity contribution in [2.45, 2.75) is 39.5 Å². The number of carbonyl (C=O) groups is 1. The zero-order valence-electron chi connectivity index (χ0n) is 18.9. The van der Waals surface area contributed by atoms with E-state index in [1.807, 2.05) is 56.3 Å². The summed E-state index contributed by atoms with van der Waals surface area (Å²) in [5.74, 6) is 2.26. The van der Waals surface area contributed by atoms with Crippen LogP contribution in [0.15, 0.2) is 42.5 Å². The number of rotatable bonds is 7. The van der Waals surface area contributed by atoms with E-state index in [0.717, 1.165) is 45.0 Å². The number of ether oxygens (including phenoxy) is 2. The van der Waals surface area contributed by atoms with Gasteiger partial charge in [0.15, 0.2) is 0 Å². The molecule has 2 aromatic carbocycles. The lowest BCUT2D eigenvalue weighted by Crippen LogP contribution is -2.24. The maximum absolute atomic E-state index is 12.7. The first kappa shape index (κ1) is 21.5. The highest BCUT2D eigenvalue weighted by atomic mass is 32.1. The molecule has 1 atom stereocenters. The molecule has 2 aromatic heterocycles. The first-order valence-electron chi connectivity index (χ1n) is 11.2. The number of benzene rings is 2. The quantitative estimate of drug-likeness (QED) is 0.395. The molecule has 0 saturated carbocycles. The van der Waals surface area contributed by atoms with Gasteiger partial charge in [-0.1, -0.05) is 30.4 Å². The lowest BCUT2D eigenvalue weighted by molar-refractivity contribution is -0.116. The van der Waals surface area contributed by atoms with Crippen LogP contribution >= 0.6 is 11.3 Å². The van der Waals surface area contributed by atoms with Crippen LogP contribution in [0.5, 0.6) is 11.5 Å². The van der Waals surface area contributed by atoms with E-state index in [0.29, 0.717) is 30.6 Å². The number of thiazole rings is 1. The van der Waals surface area contributed by atoms with E-state index in [1.165, 1.54) is 11.3 Å². The van der Waals surface area contributed by atoms with Crippen LogP contribution in [0.25, 0.3) is 15.3 Å². The van der Waals surface area contributed by atoms with Crippen molar-refractivity contribution >= 4 is 33.3 Å². The Balaban J connectivity index is 1.53. The van der Waals surface area contributed by atoms with Crippen molar-refractivity contribution in [3.05, 3.63) is 59.3 Å². The zero-order chi connectivity index (χ0) is 22.9. The fourth-order valence-corrected chi connectivity index (χ4v) is 5.18. The number of aromatic nitrogens is 3. The van der Waals surface area contributed by atoms with Gasteiger partial charge in [-0.15, -0.1) is 0 Å². The minimum absolute atomic E-state index is 0.0281. The van der Waals surface area contributed by atoms with E-state index in [2.05, 4.69) is 12.2 Å². The number of hydrogen-bond acceptors (Lipinski definition) is 6. The molecule has 33 heavy (non-hydrogen) atoms. The van der Waals surface area contributed by atoms with Gasteiger partial charge in [0.1, 0.15) is 17.3 Å². The lowest BCUT2D eigenvalue weighted by atomic mass is 9.86. The van der Waals surface area contributed by atoms with E-state index in [-0.39, 0.29) is 11.8 Å². The smallest absolute Gasteiger partial charge is 0.226 e. The molecule has 7 nitrogen and oxygen atoms in total. The van der Waals surface area contributed by atoms with Gasteiger partial charge < -0.3 is 14.8 Å². The number of nitrogens with one attached hydrogen (secondary N) is 1. The molecule has 0 unspecified atom stereocenters. The van der Waals surface area contributed by atoms with Gasteiger partial charge in [0.05, 0.1) is 29.1 Å². The molecule has 0 saturated heterocycles. The molecule has 0 bridgehead atoms. The lowest BCUT2D eigenvalue weighted by Gasteiger charge is -2.24. The van der Waals surface area contributed by atoms with Crippen LogP contribution < -0.4 is 14.8 Å². The summed E-state index contributed by atoms with van der Waals surface area (Å²) >= 11 is 1.53. The Labute approximate surface area is 196 Å². The second-order valence-corrected chi connectivity index (χ2v) is 9.05. The van der Waals surface area contributed by atoms with Gasteiger partial charge in [0, 0.05) is 17.9 Å². The largest absolute Gasteiger partial charge is 0.494 e. The SMILES string of the molecule is CCCOc1ccc([C@@H]2CC(=O)Nc3c2c(C)nn3-c2nc3ccc(OCC)cc3s2)cc1. The molecule has 0 fully saturated rings. The van der Waals surface area contributed by atoms with E-state index < -0.39 is 0 Å². The summed E-state index contributed by atoms with van der Waals surface area (Å²) in [7, 11) is 0. The maximum atomic E-state index is 12.7. The average Bonchev–Trinajstić information content (AvgIpc) is 3.38. The normalized spacial score (nSPS) is 15.4. The molecule has 3 heterocycles. The monoisotopic (exact) mass is 462 g/mol. The minimum atomic E-state index is -0.0679. The van der Waals surface area contributed by atoms with Gasteiger partial charge in [-0.05, 0) is 56.2 Å². The van der Waals surface area contributed by atoms with Gasteiger partial charge in [-0.3, -0.25) is 4.79 Å². The van der Waals surface area contributed by atoms with Crippen LogP contribution in [0.4, 0.5) is 5.82 Å². The molecule has 5 rings (SSSR count). The van der Waals surface area contributed by atoms with Gasteiger partial charge in [0.2, 0.25) is 11.0 Å². The molecular formula is C25H26N4O3S. The van der Waals surface area contributed by atoms with E-state index >= 15 is 0 Å². The average molecular weight is 463 g/mol. The molecule has 0 radical (unpaired) electrons. The van der Waals surface area contributed by atoms with Crippen LogP contribution in [0, 0.1) is 6.92 Å². The van der Waals surface area contributed by atoms with Crippen molar-refractivity contribution in [2.24, 2.45) is 0 Å². The third-order valence-corrected chi connectivity index (χ3v) is 6.69. The molecule has 1 amide bonds. The highest BCUT2D eigenvalue weighted by Crippen LogP contribution is 2.41. The number of carbonyl (C=O) groups excluding carboxylic acids is 1. The third-order valence-electron chi connectivity index (χ3n) is 5.70. The maximum Gasteiger partial charge on any atom is 0.226 e. The first-order chi connectivity index (χ1) is 16.1. The molecular weight excluding hydrogens is 436 g/mol. The Kier molecular flexibility index (Phi) is 5.76. The van der Waals surface area contributed by atoms with E-state index in [1.54, 1.807) is 4.68 Å². The van der Waals surface area contributed by atoms with E-state index in [4.69, 9.17) is 19.6 Å². The molecule has 1 N–H and O–H groups in total. The Morgan fingerprint density at radius 1 is 1.12 bits per heavy atom. The standard InChI is InChI=1S/C25H26N4O3S/c1-4-12-32-17-8-6-16(7-9-17)19-14-22(30)27-24-23(19)15(3)28-29(24)25-26-20-11-10-18(31-5-2)13-21(20)33-25/h6-11,13,19H,4-5,12,14H2,1-3H3,(H,27,30)/t19-/m0/s1. The summed E-state index contributed by atoms with van der Waals surface area (Å²) in [6.45, 7) is 7.34. The van der Waals surface area contributed by atoms with Crippen LogP contribution in [0.2, 0.25) is 0 Å². The number of fused-ring (bicyclic) bond motifs is 2. The molecule has 1 aliphatic rings. The van der Waals surface area contributed by atoms with Crippen molar-refractivity contribution < 1.29 is 14.3 Å². The Morgan fingerprint density at radius 3 is 2.67 bits per heavy atom. The van der Waals surface area contributed by atoms with Crippen molar-refractivity contribution in [1.29, 1.82) is 0 Å². The summed E-state index contributed by atoms with van der Waals surface area (Å²) in [5, 5.41) is 8.54. The van der Waals surface area contributed by atoms with Crippen LogP contribution in [0.3, 0.4) is 0 Å². The summed E-state index contributed by atoms with van der Waals surface area (Å²) in [5.41, 5.74) is 3.87. The van der Waals surface area contributed by atoms with Crippen LogP contribution in [-0.2, 0) is 4.79 Å². The Morgan fingerprint density at radius 2 is 1.91 bits per heavy atom. The summed E-state index contributed by atoms with van der Waals surface area (Å²) in [6.07, 6.45) is 1.34. The molecule has 1 aliphatic heterocycles. The summed E-state index contributed by atoms with van der Waals surface area (Å²) in [4.78, 5) is 17.5. The molecule has 8 heteroatoms. The fraction of sp³-hybridized carbons (Fsp3) is 0.320. The third kappa shape index (κ3) is 4.06. The minimum Gasteiger partial charge on any atom is -0.494 e. The van der Waals surface area contributed by atoms with Gasteiger partial charge in [0.25, 0.3) is 0 Å². The van der Waals surface area contributed by atoms with Crippen LogP contribution in [0.1, 0.15) is 49.4 Å². The molecule has 170 valence electrons. The van der Waals surface area contributed by atoms with Crippen molar-refractivity contribution in [3.8, 4) is 16.6 Å². The number of nitrogens with zero attached hydrogens (tertiary/aromatic N) is 3. The number of hydrogen-bond donors (Lipinski definition) is 1. The van der Waals surface area contributed by atoms with Gasteiger partial charge in [-0.25, -0.2) is 4.98 Å². The predicted molar refractivity (Wildman–Crippen MR) is 130 cm³/mol. The van der Waals surface area contributed by atoms with Gasteiger partial charge >= 0.3 is 0 Å². The Bertz CT molecular complexity index is 1310. The second-order valence-electron chi connectivity index (χ2n) is 8.04. The summed E-state index contributed by atoms with van der Waals surface area (Å²) < 4.78 is 14.1. The zero-order valence-corrected chi connectivity index (χ0v) is 19.7. The highest BCUT2D eigenvalue weighted by molar-refractivity contribution is 7.20. The summed E-state index contributed by atoms with van der Waals surface area (Å²) in [6, 6.07) is 13.9. The van der Waals surface area contributed by atoms with Crippen molar-refractivity contribution in [3.63, 3.8) is 0 Å².